The van der Waals surface area contributed by atoms with Crippen molar-refractivity contribution in [2.75, 3.05) is 11.9 Å². The van der Waals surface area contributed by atoms with Gasteiger partial charge in [0.2, 0.25) is 0 Å². The van der Waals surface area contributed by atoms with Crippen LogP contribution in [0.5, 0.6) is 0 Å². The van der Waals surface area contributed by atoms with Crippen LogP contribution in [0.15, 0.2) is 30.7 Å². The third-order valence-electron chi connectivity index (χ3n) is 4.63. The van der Waals surface area contributed by atoms with Crippen molar-refractivity contribution >= 4 is 32.6 Å². The van der Waals surface area contributed by atoms with Crippen molar-refractivity contribution in [3.63, 3.8) is 0 Å². The summed E-state index contributed by atoms with van der Waals surface area (Å²) in [6.07, 6.45) is 3.81. The van der Waals surface area contributed by atoms with Gasteiger partial charge in [0.1, 0.15) is 17.2 Å². The molecule has 1 aromatic carbocycles. The molecule has 0 fully saturated rings. The molecule has 0 saturated heterocycles. The highest BCUT2D eigenvalue weighted by molar-refractivity contribution is 7.89. The molecule has 0 aliphatic heterocycles. The number of rotatable bonds is 7. The Hall–Kier alpha value is -2.66. The van der Waals surface area contributed by atoms with Gasteiger partial charge in [-0.1, -0.05) is 6.92 Å². The summed E-state index contributed by atoms with van der Waals surface area (Å²) in [7, 11) is -1.21. The zero-order valence-electron chi connectivity index (χ0n) is 16.0. The Labute approximate surface area is 166 Å². The maximum Gasteiger partial charge on any atom is 0.350 e. The number of nitrogens with zero attached hydrogens (tertiary/aromatic N) is 4. The number of aryl methyl sites for hydroxylation is 2. The summed E-state index contributed by atoms with van der Waals surface area (Å²) in [5.41, 5.74) is 2.83. The Bertz CT molecular complexity index is 1150. The van der Waals surface area contributed by atoms with E-state index in [0.717, 1.165) is 11.0 Å². The lowest BCUT2D eigenvalue weighted by atomic mass is 10.0. The van der Waals surface area contributed by atoms with Crippen molar-refractivity contribution in [1.82, 2.24) is 19.3 Å². The fourth-order valence-corrected chi connectivity index (χ4v) is 3.44. The lowest BCUT2D eigenvalue weighted by Crippen LogP contribution is -2.29. The van der Waals surface area contributed by atoms with Crippen molar-refractivity contribution in [3.8, 4) is 0 Å². The molecule has 0 aliphatic rings. The molecule has 3 aromatic rings. The van der Waals surface area contributed by atoms with Gasteiger partial charge < -0.3 is 9.47 Å². The number of aromatic nitrogens is 3. The van der Waals surface area contributed by atoms with Gasteiger partial charge in [0.15, 0.2) is 0 Å². The molecule has 29 heavy (non-hydrogen) atoms. The topological polar surface area (TPSA) is 80.1 Å². The number of imidazole rings is 1. The second-order valence-electron chi connectivity index (χ2n) is 6.50. The van der Waals surface area contributed by atoms with Gasteiger partial charge in [-0.15, -0.1) is 0 Å². The van der Waals surface area contributed by atoms with E-state index >= 15 is 0 Å². The average Bonchev–Trinajstić information content (AvgIpc) is 3.06. The Balaban J connectivity index is 1.94. The highest BCUT2D eigenvalue weighted by Gasteiger charge is 2.24. The molecule has 0 saturated carbocycles. The van der Waals surface area contributed by atoms with E-state index in [1.54, 1.807) is 29.2 Å². The molecule has 0 radical (unpaired) electrons. The van der Waals surface area contributed by atoms with Crippen molar-refractivity contribution in [3.05, 3.63) is 47.7 Å². The number of hydrogen-bond acceptors (Lipinski definition) is 5. The van der Waals surface area contributed by atoms with Crippen LogP contribution in [0.2, 0.25) is 0 Å². The number of pyridine rings is 1. The Morgan fingerprint density at radius 1 is 1.21 bits per heavy atom. The number of fused-ring (bicyclic) bond motifs is 1. The van der Waals surface area contributed by atoms with Crippen LogP contribution in [0.25, 0.3) is 11.0 Å². The molecule has 0 amide bonds. The first-order valence-corrected chi connectivity index (χ1v) is 10.3. The molecule has 0 spiro atoms. The average molecular weight is 427 g/mol. The smallest absolute Gasteiger partial charge is 0.334 e. The molecule has 3 rings (SSSR count). The number of nitrogens with one attached hydrogen (secondary N) is 1. The van der Waals surface area contributed by atoms with E-state index in [0.29, 0.717) is 23.5 Å². The first-order chi connectivity index (χ1) is 13.6. The normalized spacial score (nSPS) is 12.1. The summed E-state index contributed by atoms with van der Waals surface area (Å²) in [5, 5.41) is 0. The molecule has 156 valence electrons. The van der Waals surface area contributed by atoms with Gasteiger partial charge in [0.25, 0.3) is 10.0 Å². The second-order valence-corrected chi connectivity index (χ2v) is 8.23. The van der Waals surface area contributed by atoms with Gasteiger partial charge in [-0.25, -0.2) is 27.5 Å². The van der Waals surface area contributed by atoms with Gasteiger partial charge in [0, 0.05) is 38.0 Å². The SMILES string of the molecule is CCc1cc(CNS(=O)(=O)C(F)F)c(F)cc1N(C)c1cc2c(cn1)ncn2C. The predicted molar refractivity (Wildman–Crippen MR) is 104 cm³/mol. The van der Waals surface area contributed by atoms with Crippen LogP contribution in [-0.2, 0) is 30.0 Å². The third-order valence-corrected chi connectivity index (χ3v) is 5.65. The second kappa shape index (κ2) is 7.99. The number of anilines is 2. The largest absolute Gasteiger partial charge is 0.350 e. The van der Waals surface area contributed by atoms with Crippen LogP contribution in [0.4, 0.5) is 24.7 Å². The van der Waals surface area contributed by atoms with E-state index in [1.807, 2.05) is 24.6 Å². The van der Waals surface area contributed by atoms with E-state index in [-0.39, 0.29) is 5.56 Å². The van der Waals surface area contributed by atoms with Crippen molar-refractivity contribution in [2.24, 2.45) is 7.05 Å². The Morgan fingerprint density at radius 3 is 2.59 bits per heavy atom. The summed E-state index contributed by atoms with van der Waals surface area (Å²) in [5.74, 6) is -3.71. The van der Waals surface area contributed by atoms with Crippen LogP contribution >= 0.6 is 0 Å². The fraction of sp³-hybridized carbons (Fsp3) is 0.333. The van der Waals surface area contributed by atoms with Crippen LogP contribution in [-0.4, -0.2) is 35.8 Å². The molecule has 0 atom stereocenters. The molecule has 1 N–H and O–H groups in total. The van der Waals surface area contributed by atoms with E-state index in [2.05, 4.69) is 9.97 Å². The number of hydrogen-bond donors (Lipinski definition) is 1. The number of sulfonamides is 1. The summed E-state index contributed by atoms with van der Waals surface area (Å²) in [4.78, 5) is 10.3. The van der Waals surface area contributed by atoms with Crippen LogP contribution in [0.3, 0.4) is 0 Å². The molecule has 11 heteroatoms. The van der Waals surface area contributed by atoms with Crippen LogP contribution in [0, 0.1) is 5.82 Å². The van der Waals surface area contributed by atoms with E-state index < -0.39 is 28.1 Å². The number of alkyl halides is 2. The molecular formula is C18H20F3N5O2S. The predicted octanol–water partition coefficient (Wildman–Crippen LogP) is 3.08. The molecule has 2 heterocycles. The van der Waals surface area contributed by atoms with E-state index in [4.69, 9.17) is 0 Å². The maximum absolute atomic E-state index is 14.6. The minimum atomic E-state index is -4.80. The monoisotopic (exact) mass is 427 g/mol. The van der Waals surface area contributed by atoms with Gasteiger partial charge in [-0.3, -0.25) is 0 Å². The van der Waals surface area contributed by atoms with Gasteiger partial charge in [-0.2, -0.15) is 8.78 Å². The standard InChI is InChI=1S/C18H20F3N5O2S/c1-4-11-5-12(8-24-29(27,28)18(20)21)13(19)6-15(11)26(3)17-7-16-14(9-22-17)23-10-25(16)2/h5-7,9-10,18,24H,4,8H2,1-3H3. The Kier molecular flexibility index (Phi) is 5.80. The first-order valence-electron chi connectivity index (χ1n) is 8.72. The first kappa shape index (κ1) is 21.1. The highest BCUT2D eigenvalue weighted by Crippen LogP contribution is 2.30. The minimum absolute atomic E-state index is 0.0155. The van der Waals surface area contributed by atoms with Crippen molar-refractivity contribution < 1.29 is 21.6 Å². The zero-order chi connectivity index (χ0) is 21.3. The maximum atomic E-state index is 14.6. The number of benzene rings is 1. The summed E-state index contributed by atoms with van der Waals surface area (Å²) in [6.45, 7) is 1.30. The third kappa shape index (κ3) is 4.20. The molecule has 0 aliphatic carbocycles. The number of halogens is 3. The van der Waals surface area contributed by atoms with Gasteiger partial charge in [-0.05, 0) is 24.1 Å². The van der Waals surface area contributed by atoms with Crippen LogP contribution < -0.4 is 9.62 Å². The van der Waals surface area contributed by atoms with Gasteiger partial charge >= 0.3 is 5.76 Å². The molecule has 7 nitrogen and oxygen atoms in total. The zero-order valence-corrected chi connectivity index (χ0v) is 16.8. The quantitative estimate of drug-likeness (QED) is 0.627. The lowest BCUT2D eigenvalue weighted by molar-refractivity contribution is 0.232. The van der Waals surface area contributed by atoms with Crippen molar-refractivity contribution in [2.45, 2.75) is 25.6 Å². The van der Waals surface area contributed by atoms with Crippen molar-refractivity contribution in [1.29, 1.82) is 0 Å². The molecular weight excluding hydrogens is 407 g/mol. The molecule has 2 aromatic heterocycles. The van der Waals surface area contributed by atoms with E-state index in [1.165, 1.54) is 12.1 Å². The summed E-state index contributed by atoms with van der Waals surface area (Å²) < 4.78 is 65.6. The fourth-order valence-electron chi connectivity index (χ4n) is 2.96. The Morgan fingerprint density at radius 2 is 1.93 bits per heavy atom. The molecule has 0 unspecified atom stereocenters. The van der Waals surface area contributed by atoms with E-state index in [9.17, 15) is 21.6 Å². The highest BCUT2D eigenvalue weighted by atomic mass is 32.2. The summed E-state index contributed by atoms with van der Waals surface area (Å²) in [6, 6.07) is 4.54. The lowest BCUT2D eigenvalue weighted by Gasteiger charge is -2.22. The molecule has 0 bridgehead atoms. The summed E-state index contributed by atoms with van der Waals surface area (Å²) >= 11 is 0. The van der Waals surface area contributed by atoms with Crippen LogP contribution in [0.1, 0.15) is 18.1 Å². The minimum Gasteiger partial charge on any atom is -0.334 e. The van der Waals surface area contributed by atoms with Gasteiger partial charge in [0.05, 0.1) is 18.0 Å².